The van der Waals surface area contributed by atoms with E-state index in [1.807, 2.05) is 30.3 Å². The molecule has 1 saturated carbocycles. The topological polar surface area (TPSA) is 46.6 Å². The standard InChI is InChI=1S/C20H25NO3S/c1-24-19-8-4-11-20(19)12-5-13-21(15-20)25(22,23)18-10-9-16-6-2-3-7-17(16)14-18/h2-3,6-7,9-10,14,19H,4-5,8,11-13,15H2,1H3/t19-,20+/m1/s1. The molecule has 0 unspecified atom stereocenters. The number of hydrogen-bond donors (Lipinski definition) is 0. The fraction of sp³-hybridized carbons (Fsp3) is 0.500. The Morgan fingerprint density at radius 1 is 1.08 bits per heavy atom. The predicted octanol–water partition coefficient (Wildman–Crippen LogP) is 3.81. The largest absolute Gasteiger partial charge is 0.381 e. The summed E-state index contributed by atoms with van der Waals surface area (Å²) in [7, 11) is -1.71. The van der Waals surface area contributed by atoms with Crippen LogP contribution in [0, 0.1) is 5.41 Å². The smallest absolute Gasteiger partial charge is 0.243 e. The summed E-state index contributed by atoms with van der Waals surface area (Å²) in [4.78, 5) is 0.398. The van der Waals surface area contributed by atoms with Crippen LogP contribution in [0.4, 0.5) is 0 Å². The molecular weight excluding hydrogens is 334 g/mol. The number of sulfonamides is 1. The van der Waals surface area contributed by atoms with Gasteiger partial charge in [-0.3, -0.25) is 0 Å². The molecule has 4 nitrogen and oxygen atoms in total. The maximum Gasteiger partial charge on any atom is 0.243 e. The number of piperidine rings is 1. The number of fused-ring (bicyclic) bond motifs is 1. The fourth-order valence-electron chi connectivity index (χ4n) is 4.74. The predicted molar refractivity (Wildman–Crippen MR) is 99.0 cm³/mol. The molecule has 2 aromatic rings. The maximum absolute atomic E-state index is 13.3. The lowest BCUT2D eigenvalue weighted by Crippen LogP contribution is -2.49. The van der Waals surface area contributed by atoms with Gasteiger partial charge in [0.1, 0.15) is 0 Å². The zero-order valence-electron chi connectivity index (χ0n) is 14.6. The summed E-state index contributed by atoms with van der Waals surface area (Å²) in [6.45, 7) is 1.19. The summed E-state index contributed by atoms with van der Waals surface area (Å²) in [5, 5.41) is 2.03. The van der Waals surface area contributed by atoms with Crippen LogP contribution in [0.5, 0.6) is 0 Å². The minimum atomic E-state index is -3.47. The summed E-state index contributed by atoms with van der Waals surface area (Å²) in [5.74, 6) is 0. The van der Waals surface area contributed by atoms with Crippen molar-refractivity contribution in [2.24, 2.45) is 5.41 Å². The van der Waals surface area contributed by atoms with Crippen LogP contribution in [-0.4, -0.2) is 39.0 Å². The molecule has 0 N–H and O–H groups in total. The van der Waals surface area contributed by atoms with Gasteiger partial charge in [-0.1, -0.05) is 36.8 Å². The second-order valence-corrected chi connectivity index (χ2v) is 9.37. The molecular formula is C20H25NO3S. The van der Waals surface area contributed by atoms with Gasteiger partial charge >= 0.3 is 0 Å². The molecule has 1 aliphatic heterocycles. The molecule has 2 atom stereocenters. The monoisotopic (exact) mass is 359 g/mol. The van der Waals surface area contributed by atoms with Crippen molar-refractivity contribution in [1.29, 1.82) is 0 Å². The molecule has 1 saturated heterocycles. The first-order valence-electron chi connectivity index (χ1n) is 9.07. The number of ether oxygens (including phenoxy) is 1. The van der Waals surface area contributed by atoms with Gasteiger partial charge in [-0.05, 0) is 48.6 Å². The zero-order chi connectivity index (χ0) is 17.5. The van der Waals surface area contributed by atoms with Crippen molar-refractivity contribution >= 4 is 20.8 Å². The average molecular weight is 359 g/mol. The first-order chi connectivity index (χ1) is 12.0. The quantitative estimate of drug-likeness (QED) is 0.837. The minimum absolute atomic E-state index is 0.00306. The van der Waals surface area contributed by atoms with Crippen molar-refractivity contribution in [3.63, 3.8) is 0 Å². The molecule has 2 aromatic carbocycles. The molecule has 1 spiro atoms. The Morgan fingerprint density at radius 3 is 2.64 bits per heavy atom. The molecule has 4 rings (SSSR count). The Hall–Kier alpha value is -1.43. The highest BCUT2D eigenvalue weighted by Gasteiger charge is 2.48. The van der Waals surface area contributed by atoms with Crippen LogP contribution in [-0.2, 0) is 14.8 Å². The van der Waals surface area contributed by atoms with Crippen molar-refractivity contribution in [1.82, 2.24) is 4.31 Å². The first kappa shape index (κ1) is 17.0. The van der Waals surface area contributed by atoms with Crippen LogP contribution < -0.4 is 0 Å². The number of nitrogens with zero attached hydrogens (tertiary/aromatic N) is 1. The molecule has 2 aliphatic rings. The van der Waals surface area contributed by atoms with Gasteiger partial charge in [0.15, 0.2) is 0 Å². The van der Waals surface area contributed by atoms with E-state index in [2.05, 4.69) is 0 Å². The van der Waals surface area contributed by atoms with E-state index in [1.54, 1.807) is 23.5 Å². The van der Waals surface area contributed by atoms with Gasteiger partial charge in [0.05, 0.1) is 11.0 Å². The second kappa shape index (κ2) is 6.38. The van der Waals surface area contributed by atoms with Crippen LogP contribution in [0.1, 0.15) is 32.1 Å². The Morgan fingerprint density at radius 2 is 1.84 bits per heavy atom. The lowest BCUT2D eigenvalue weighted by atomic mass is 9.77. The first-order valence-corrected chi connectivity index (χ1v) is 10.5. The zero-order valence-corrected chi connectivity index (χ0v) is 15.5. The lowest BCUT2D eigenvalue weighted by molar-refractivity contribution is -0.0184. The van der Waals surface area contributed by atoms with Gasteiger partial charge < -0.3 is 4.74 Å². The van der Waals surface area contributed by atoms with E-state index >= 15 is 0 Å². The normalized spacial score (nSPS) is 28.0. The van der Waals surface area contributed by atoms with Gasteiger partial charge in [0, 0.05) is 25.6 Å². The molecule has 2 fully saturated rings. The van der Waals surface area contributed by atoms with Crippen molar-refractivity contribution in [3.05, 3.63) is 42.5 Å². The molecule has 25 heavy (non-hydrogen) atoms. The third-order valence-corrected chi connectivity index (χ3v) is 7.88. The third kappa shape index (κ3) is 2.88. The van der Waals surface area contributed by atoms with E-state index in [0.29, 0.717) is 18.0 Å². The number of methoxy groups -OCH3 is 1. The SMILES string of the molecule is CO[C@@H]1CCC[C@@]12CCCN(S(=O)(=O)c1ccc3ccccc3c1)C2. The molecule has 0 aromatic heterocycles. The highest BCUT2D eigenvalue weighted by atomic mass is 32.2. The van der Waals surface area contributed by atoms with Gasteiger partial charge in [0.2, 0.25) is 10.0 Å². The van der Waals surface area contributed by atoms with E-state index in [-0.39, 0.29) is 11.5 Å². The highest BCUT2D eigenvalue weighted by molar-refractivity contribution is 7.89. The minimum Gasteiger partial charge on any atom is -0.381 e. The van der Waals surface area contributed by atoms with Gasteiger partial charge in [-0.25, -0.2) is 8.42 Å². The van der Waals surface area contributed by atoms with E-state index in [0.717, 1.165) is 42.9 Å². The maximum atomic E-state index is 13.3. The third-order valence-electron chi connectivity index (χ3n) is 6.04. The van der Waals surface area contributed by atoms with Gasteiger partial charge in [0.25, 0.3) is 0 Å². The molecule has 1 heterocycles. The summed E-state index contributed by atoms with van der Waals surface area (Å²) < 4.78 is 33.9. The lowest BCUT2D eigenvalue weighted by Gasteiger charge is -2.43. The highest BCUT2D eigenvalue weighted by Crippen LogP contribution is 2.47. The fourth-order valence-corrected chi connectivity index (χ4v) is 6.35. The Labute approximate surface area is 149 Å². The van der Waals surface area contributed by atoms with Crippen LogP contribution in [0.2, 0.25) is 0 Å². The van der Waals surface area contributed by atoms with E-state index < -0.39 is 10.0 Å². The Kier molecular flexibility index (Phi) is 4.34. The van der Waals surface area contributed by atoms with Crippen molar-refractivity contribution < 1.29 is 13.2 Å². The average Bonchev–Trinajstić information content (AvgIpc) is 3.03. The van der Waals surface area contributed by atoms with E-state index in [4.69, 9.17) is 4.74 Å². The van der Waals surface area contributed by atoms with E-state index in [1.165, 1.54) is 0 Å². The molecule has 0 bridgehead atoms. The van der Waals surface area contributed by atoms with E-state index in [9.17, 15) is 8.42 Å². The summed E-state index contributed by atoms with van der Waals surface area (Å²) in [5.41, 5.74) is -0.00306. The van der Waals surface area contributed by atoms with Crippen LogP contribution in [0.3, 0.4) is 0 Å². The molecule has 0 radical (unpaired) electrons. The van der Waals surface area contributed by atoms with Crippen LogP contribution in [0.25, 0.3) is 10.8 Å². The summed E-state index contributed by atoms with van der Waals surface area (Å²) >= 11 is 0. The second-order valence-electron chi connectivity index (χ2n) is 7.43. The molecule has 0 amide bonds. The molecule has 134 valence electrons. The van der Waals surface area contributed by atoms with Crippen molar-refractivity contribution in [2.75, 3.05) is 20.2 Å². The van der Waals surface area contributed by atoms with Crippen LogP contribution >= 0.6 is 0 Å². The van der Waals surface area contributed by atoms with Crippen molar-refractivity contribution in [3.8, 4) is 0 Å². The summed E-state index contributed by atoms with van der Waals surface area (Å²) in [6.07, 6.45) is 5.39. The molecule has 5 heteroatoms. The Bertz CT molecular complexity index is 879. The van der Waals surface area contributed by atoms with Crippen molar-refractivity contribution in [2.45, 2.75) is 43.1 Å². The van der Waals surface area contributed by atoms with Gasteiger partial charge in [-0.15, -0.1) is 0 Å². The number of rotatable bonds is 3. The van der Waals surface area contributed by atoms with Gasteiger partial charge in [-0.2, -0.15) is 4.31 Å². The number of benzene rings is 2. The number of hydrogen-bond acceptors (Lipinski definition) is 3. The summed E-state index contributed by atoms with van der Waals surface area (Å²) in [6, 6.07) is 13.3. The Balaban J connectivity index is 1.67. The molecule has 1 aliphatic carbocycles. The van der Waals surface area contributed by atoms with Crippen LogP contribution in [0.15, 0.2) is 47.4 Å².